The molecule has 32 heavy (non-hydrogen) atoms. The molecule has 0 radical (unpaired) electrons. The van der Waals surface area contributed by atoms with E-state index in [2.05, 4.69) is 15.2 Å². The van der Waals surface area contributed by atoms with Crippen LogP contribution >= 0.6 is 11.6 Å². The molecular formula is C23H23ClN6O2. The van der Waals surface area contributed by atoms with Crippen molar-refractivity contribution < 1.29 is 14.7 Å². The van der Waals surface area contributed by atoms with Crippen molar-refractivity contribution in [2.24, 2.45) is 0 Å². The summed E-state index contributed by atoms with van der Waals surface area (Å²) in [4.78, 5) is 23.0. The summed E-state index contributed by atoms with van der Waals surface area (Å²) in [6, 6.07) is 6.84. The molecule has 1 atom stereocenters. The summed E-state index contributed by atoms with van der Waals surface area (Å²) in [5, 5.41) is 8.35. The van der Waals surface area contributed by atoms with Crippen LogP contribution in [0, 0.1) is 6.92 Å². The summed E-state index contributed by atoms with van der Waals surface area (Å²) in [5.74, 6) is -0.337. The van der Waals surface area contributed by atoms with Crippen LogP contribution in [0.25, 0.3) is 16.8 Å². The van der Waals surface area contributed by atoms with Gasteiger partial charge in [0.2, 0.25) is 0 Å². The van der Waals surface area contributed by atoms with Crippen molar-refractivity contribution in [3.63, 3.8) is 0 Å². The summed E-state index contributed by atoms with van der Waals surface area (Å²) in [6.07, 6.45) is -0.103. The number of anilines is 1. The lowest BCUT2D eigenvalue weighted by Gasteiger charge is -2.27. The van der Waals surface area contributed by atoms with Gasteiger partial charge in [-0.2, -0.15) is 20.0 Å². The van der Waals surface area contributed by atoms with Gasteiger partial charge in [-0.15, -0.1) is 0 Å². The van der Waals surface area contributed by atoms with Gasteiger partial charge in [-0.3, -0.25) is 4.79 Å². The number of oxazole rings is 1. The molecule has 0 saturated carbocycles. The SMILES string of the molecule is [3H]c1nn(-c2c(C(=O)N3CCN(c4nc5cc(Cl)ccc5o4)CC[C@H]3C)cc(C)c([3H])c2[3H])nc1[3H]. The lowest BCUT2D eigenvalue weighted by molar-refractivity contribution is 0.0704. The minimum Gasteiger partial charge on any atom is -0.423 e. The number of rotatable bonds is 3. The summed E-state index contributed by atoms with van der Waals surface area (Å²) in [5.41, 5.74) is 1.90. The average molecular weight is 459 g/mol. The third-order valence-electron chi connectivity index (χ3n) is 5.59. The second-order valence-electron chi connectivity index (χ2n) is 7.78. The third-order valence-corrected chi connectivity index (χ3v) is 5.83. The van der Waals surface area contributed by atoms with E-state index < -0.39 is 0 Å². The fourth-order valence-electron chi connectivity index (χ4n) is 3.86. The quantitative estimate of drug-likeness (QED) is 0.459. The number of nitrogens with zero attached hydrogens (tertiary/aromatic N) is 6. The van der Waals surface area contributed by atoms with E-state index in [1.165, 1.54) is 0 Å². The van der Waals surface area contributed by atoms with E-state index in [1.54, 1.807) is 36.1 Å². The fraction of sp³-hybridized carbons (Fsp3) is 0.304. The van der Waals surface area contributed by atoms with Gasteiger partial charge in [0, 0.05) is 30.7 Å². The maximum absolute atomic E-state index is 13.8. The number of aryl methyl sites for hydroxylation is 1. The zero-order valence-corrected chi connectivity index (χ0v) is 18.3. The summed E-state index contributed by atoms with van der Waals surface area (Å²) >= 11 is 6.07. The van der Waals surface area contributed by atoms with Crippen LogP contribution in [-0.4, -0.2) is 56.5 Å². The molecule has 0 unspecified atom stereocenters. The monoisotopic (exact) mass is 458 g/mol. The first-order valence-electron chi connectivity index (χ1n) is 12.3. The Hall–Kier alpha value is -3.39. The van der Waals surface area contributed by atoms with Crippen molar-refractivity contribution in [3.05, 3.63) is 64.8 Å². The lowest BCUT2D eigenvalue weighted by Crippen LogP contribution is -2.40. The molecule has 1 fully saturated rings. The Morgan fingerprint density at radius 2 is 2.00 bits per heavy atom. The van der Waals surface area contributed by atoms with Gasteiger partial charge >= 0.3 is 0 Å². The Morgan fingerprint density at radius 1 is 1.19 bits per heavy atom. The molecule has 0 spiro atoms. The molecule has 0 bridgehead atoms. The summed E-state index contributed by atoms with van der Waals surface area (Å²) in [6.45, 7) is 5.08. The minimum atomic E-state index is -0.377. The number of aromatic nitrogens is 4. The number of carbonyl (C=O) groups excluding carboxylic acids is 1. The van der Waals surface area contributed by atoms with Crippen molar-refractivity contribution in [2.45, 2.75) is 26.3 Å². The first-order chi connectivity index (χ1) is 17.1. The number of fused-ring (bicyclic) bond motifs is 1. The van der Waals surface area contributed by atoms with Gasteiger partial charge in [-0.05, 0) is 50.6 Å². The molecule has 0 aliphatic carbocycles. The third kappa shape index (κ3) is 3.82. The van der Waals surface area contributed by atoms with Crippen LogP contribution in [0.15, 0.2) is 53.1 Å². The van der Waals surface area contributed by atoms with Crippen LogP contribution in [-0.2, 0) is 0 Å². The van der Waals surface area contributed by atoms with Crippen molar-refractivity contribution in [2.75, 3.05) is 24.5 Å². The predicted octanol–water partition coefficient (Wildman–Crippen LogP) is 4.11. The van der Waals surface area contributed by atoms with Gasteiger partial charge in [-0.1, -0.05) is 23.2 Å². The normalized spacial score (nSPS) is 18.8. The second-order valence-corrected chi connectivity index (χ2v) is 8.22. The number of carbonyl (C=O) groups is 1. The van der Waals surface area contributed by atoms with Gasteiger partial charge in [-0.25, -0.2) is 0 Å². The van der Waals surface area contributed by atoms with E-state index in [-0.39, 0.29) is 47.6 Å². The maximum atomic E-state index is 13.8. The molecule has 1 amide bonds. The molecule has 4 aromatic rings. The summed E-state index contributed by atoms with van der Waals surface area (Å²) in [7, 11) is 0. The highest BCUT2D eigenvalue weighted by Gasteiger charge is 2.29. The topological polar surface area (TPSA) is 80.3 Å². The van der Waals surface area contributed by atoms with Crippen LogP contribution in [0.5, 0.6) is 0 Å². The van der Waals surface area contributed by atoms with E-state index in [9.17, 15) is 4.79 Å². The fourth-order valence-corrected chi connectivity index (χ4v) is 4.03. The first-order valence-corrected chi connectivity index (χ1v) is 10.7. The Balaban J connectivity index is 1.47. The van der Waals surface area contributed by atoms with Gasteiger partial charge in [0.15, 0.2) is 5.58 Å². The molecule has 9 heteroatoms. The molecular weight excluding hydrogens is 428 g/mol. The molecule has 2 aromatic heterocycles. The first kappa shape index (κ1) is 16.3. The van der Waals surface area contributed by atoms with Crippen molar-refractivity contribution in [1.82, 2.24) is 24.9 Å². The highest BCUT2D eigenvalue weighted by Crippen LogP contribution is 2.27. The van der Waals surface area contributed by atoms with Crippen LogP contribution < -0.4 is 4.90 Å². The molecule has 1 aliphatic rings. The second kappa shape index (κ2) is 8.27. The molecule has 1 aliphatic heterocycles. The maximum Gasteiger partial charge on any atom is 0.298 e. The van der Waals surface area contributed by atoms with Crippen LogP contribution in [0.1, 0.15) is 34.7 Å². The number of benzene rings is 2. The van der Waals surface area contributed by atoms with Crippen molar-refractivity contribution in [3.8, 4) is 5.69 Å². The molecule has 3 heterocycles. The van der Waals surface area contributed by atoms with Crippen molar-refractivity contribution in [1.29, 1.82) is 0 Å². The van der Waals surface area contributed by atoms with Crippen LogP contribution in [0.4, 0.5) is 6.01 Å². The van der Waals surface area contributed by atoms with E-state index in [0.29, 0.717) is 53.8 Å². The van der Waals surface area contributed by atoms with Crippen molar-refractivity contribution >= 4 is 34.6 Å². The Morgan fingerprint density at radius 3 is 2.81 bits per heavy atom. The molecule has 2 aromatic carbocycles. The van der Waals surface area contributed by atoms with Crippen LogP contribution in [0.2, 0.25) is 5.02 Å². The predicted molar refractivity (Wildman–Crippen MR) is 122 cm³/mol. The van der Waals surface area contributed by atoms with E-state index in [4.69, 9.17) is 21.5 Å². The Bertz CT molecular complexity index is 1470. The smallest absolute Gasteiger partial charge is 0.298 e. The zero-order chi connectivity index (χ0) is 25.7. The van der Waals surface area contributed by atoms with Crippen LogP contribution in [0.3, 0.4) is 0 Å². The average Bonchev–Trinajstić information content (AvgIpc) is 3.34. The van der Waals surface area contributed by atoms with Gasteiger partial charge in [0.25, 0.3) is 11.9 Å². The minimum absolute atomic E-state index is 0.00766. The van der Waals surface area contributed by atoms with Gasteiger partial charge in [0.1, 0.15) is 5.52 Å². The largest absolute Gasteiger partial charge is 0.423 e. The number of hydrogen-bond acceptors (Lipinski definition) is 6. The Kier molecular flexibility index (Phi) is 4.21. The number of hydrogen-bond donors (Lipinski definition) is 0. The molecule has 5 rings (SSSR count). The zero-order valence-electron chi connectivity index (χ0n) is 21.6. The van der Waals surface area contributed by atoms with E-state index >= 15 is 0 Å². The molecule has 0 N–H and O–H groups in total. The van der Waals surface area contributed by atoms with Gasteiger partial charge < -0.3 is 14.2 Å². The van der Waals surface area contributed by atoms with Gasteiger partial charge in [0.05, 0.1) is 29.1 Å². The molecule has 164 valence electrons. The Labute approximate surface area is 196 Å². The lowest BCUT2D eigenvalue weighted by atomic mass is 10.1. The molecule has 1 saturated heterocycles. The number of amides is 1. The summed E-state index contributed by atoms with van der Waals surface area (Å²) < 4.78 is 38.1. The number of halogens is 1. The standard InChI is InChI=1S/C23H23ClN6O2/c1-15-3-5-20(30-25-8-9-26-30)18(13-15)22(31)29-12-11-28(10-7-16(29)2)23-27-19-14-17(24)4-6-21(19)32-23/h3-6,8-9,13-14,16H,7,10-12H2,1-2H3/t16-/m1/s1/i3T,5T,8T,9T. The highest BCUT2D eigenvalue weighted by atomic mass is 35.5. The molecule has 8 nitrogen and oxygen atoms in total. The highest BCUT2D eigenvalue weighted by molar-refractivity contribution is 6.31. The van der Waals surface area contributed by atoms with E-state index in [1.807, 2.05) is 11.8 Å². The van der Waals surface area contributed by atoms with E-state index in [0.717, 1.165) is 4.80 Å².